The highest BCUT2D eigenvalue weighted by Crippen LogP contribution is 2.47. The Morgan fingerprint density at radius 3 is 1.22 bits per heavy atom. The Kier molecular flexibility index (Phi) is 6.95. The molecule has 0 saturated carbocycles. The van der Waals surface area contributed by atoms with Crippen LogP contribution in [0.1, 0.15) is 20.7 Å². The van der Waals surface area contributed by atoms with Crippen LogP contribution in [-0.2, 0) is 0 Å². The van der Waals surface area contributed by atoms with Gasteiger partial charge in [0.1, 0.15) is 12.1 Å². The van der Waals surface area contributed by atoms with Crippen LogP contribution in [0.3, 0.4) is 0 Å². The fourth-order valence-electron chi connectivity index (χ4n) is 4.59. The number of hydrogen-bond acceptors (Lipinski definition) is 4. The van der Waals surface area contributed by atoms with Crippen LogP contribution in [0.5, 0.6) is 0 Å². The number of rotatable bonds is 11. The molecule has 6 atom stereocenters. The molecule has 2 heterocycles. The highest BCUT2D eigenvalue weighted by molar-refractivity contribution is 6.03. The van der Waals surface area contributed by atoms with E-state index in [0.29, 0.717) is 0 Å². The molecule has 6 unspecified atom stereocenters. The SMILES string of the molecule is O=C(c1ccccc1)C1C(C(F)(F)C(F)F)N1CCN1C(C(=O)c2ccccc2)C1C(F)(F)C(F)F. The molecule has 0 N–H and O–H groups in total. The number of ketones is 2. The summed E-state index contributed by atoms with van der Waals surface area (Å²) in [6.45, 7) is -1.19. The lowest BCUT2D eigenvalue weighted by atomic mass is 10.0. The summed E-state index contributed by atoms with van der Waals surface area (Å²) in [6.07, 6.45) is -8.19. The zero-order valence-corrected chi connectivity index (χ0v) is 18.4. The van der Waals surface area contributed by atoms with Crippen LogP contribution in [0.15, 0.2) is 60.7 Å². The number of Topliss-reactive ketones (excluding diaryl/α,β-unsaturated/α-hetero) is 2. The molecule has 0 aromatic heterocycles. The number of hydrogen-bond donors (Lipinski definition) is 0. The molecule has 2 aliphatic heterocycles. The molecule has 36 heavy (non-hydrogen) atoms. The van der Waals surface area contributed by atoms with Crippen molar-refractivity contribution >= 4 is 11.6 Å². The predicted octanol–water partition coefficient (Wildman–Crippen LogP) is 4.66. The van der Waals surface area contributed by atoms with Crippen molar-refractivity contribution in [1.29, 1.82) is 0 Å². The molecule has 4 nitrogen and oxygen atoms in total. The summed E-state index contributed by atoms with van der Waals surface area (Å²) in [5.74, 6) is -10.9. The van der Waals surface area contributed by atoms with Crippen molar-refractivity contribution in [2.45, 2.75) is 48.9 Å². The highest BCUT2D eigenvalue weighted by Gasteiger charge is 2.70. The van der Waals surface area contributed by atoms with Gasteiger partial charge in [-0.05, 0) is 0 Å². The van der Waals surface area contributed by atoms with Crippen LogP contribution in [0.4, 0.5) is 35.1 Å². The third-order valence-corrected chi connectivity index (χ3v) is 6.49. The van der Waals surface area contributed by atoms with Crippen LogP contribution in [0.2, 0.25) is 0 Å². The summed E-state index contributed by atoms with van der Waals surface area (Å²) in [5, 5.41) is 0. The van der Waals surface area contributed by atoms with Gasteiger partial charge in [-0.3, -0.25) is 19.4 Å². The molecule has 2 saturated heterocycles. The van der Waals surface area contributed by atoms with E-state index in [0.717, 1.165) is 9.80 Å². The highest BCUT2D eigenvalue weighted by atomic mass is 19.3. The lowest BCUT2D eigenvalue weighted by Gasteiger charge is -2.16. The number of halogens is 8. The quantitative estimate of drug-likeness (QED) is 0.246. The molecule has 0 bridgehead atoms. The molecule has 2 aliphatic rings. The number of nitrogens with zero attached hydrogens (tertiary/aromatic N) is 2. The summed E-state index contributed by atoms with van der Waals surface area (Å²) in [4.78, 5) is 26.9. The second-order valence-electron chi connectivity index (χ2n) is 8.67. The monoisotopic (exact) mass is 520 g/mol. The zero-order chi connectivity index (χ0) is 26.4. The lowest BCUT2D eigenvalue weighted by Crippen LogP contribution is -2.38. The zero-order valence-electron chi connectivity index (χ0n) is 18.4. The fraction of sp³-hybridized carbons (Fsp3) is 0.417. The minimum Gasteiger partial charge on any atom is -0.292 e. The summed E-state index contributed by atoms with van der Waals surface area (Å²) in [5.41, 5.74) is -0.0166. The first-order chi connectivity index (χ1) is 16.9. The van der Waals surface area contributed by atoms with Gasteiger partial charge >= 0.3 is 24.7 Å². The van der Waals surface area contributed by atoms with E-state index in [2.05, 4.69) is 0 Å². The number of carbonyl (C=O) groups excluding carboxylic acids is 2. The van der Waals surface area contributed by atoms with Gasteiger partial charge in [0, 0.05) is 24.2 Å². The average molecular weight is 520 g/mol. The van der Waals surface area contributed by atoms with Gasteiger partial charge in [0.15, 0.2) is 11.6 Å². The van der Waals surface area contributed by atoms with Crippen molar-refractivity contribution in [2.75, 3.05) is 13.1 Å². The smallest absolute Gasteiger partial charge is 0.292 e. The van der Waals surface area contributed by atoms with Crippen LogP contribution in [0.25, 0.3) is 0 Å². The molecule has 0 radical (unpaired) electrons. The Bertz CT molecular complexity index is 1010. The van der Waals surface area contributed by atoms with Gasteiger partial charge in [-0.25, -0.2) is 17.6 Å². The van der Waals surface area contributed by atoms with E-state index in [1.165, 1.54) is 48.5 Å². The first kappa shape index (κ1) is 26.2. The van der Waals surface area contributed by atoms with Crippen molar-refractivity contribution in [3.8, 4) is 0 Å². The molecule has 0 amide bonds. The molecule has 194 valence electrons. The van der Waals surface area contributed by atoms with Gasteiger partial charge in [0.05, 0.1) is 12.1 Å². The maximum Gasteiger partial charge on any atom is 0.324 e. The number of benzene rings is 2. The second-order valence-corrected chi connectivity index (χ2v) is 8.67. The van der Waals surface area contributed by atoms with Crippen LogP contribution in [0, 0.1) is 0 Å². The second kappa shape index (κ2) is 9.55. The van der Waals surface area contributed by atoms with Gasteiger partial charge in [0.25, 0.3) is 0 Å². The number of alkyl halides is 8. The Hall–Kier alpha value is -2.86. The molecule has 2 aromatic rings. The molecule has 2 aromatic carbocycles. The first-order valence-electron chi connectivity index (χ1n) is 10.9. The van der Waals surface area contributed by atoms with Gasteiger partial charge < -0.3 is 0 Å². The van der Waals surface area contributed by atoms with Crippen molar-refractivity contribution < 1.29 is 44.7 Å². The largest absolute Gasteiger partial charge is 0.324 e. The summed E-state index contributed by atoms with van der Waals surface area (Å²) < 4.78 is 109. The summed E-state index contributed by atoms with van der Waals surface area (Å²) >= 11 is 0. The van der Waals surface area contributed by atoms with Crippen LogP contribution >= 0.6 is 0 Å². The van der Waals surface area contributed by atoms with E-state index in [1.54, 1.807) is 12.1 Å². The van der Waals surface area contributed by atoms with Gasteiger partial charge in [0.2, 0.25) is 0 Å². The standard InChI is InChI=1S/C24H20F8N2O2/c25-21(26)23(29,30)19-15(17(35)13-7-3-1-4-8-13)33(19)11-12-34-16(20(34)24(31,32)22(27)28)18(36)14-9-5-2-6-10-14/h1-10,15-16,19-22H,11-12H2. The van der Waals surface area contributed by atoms with Crippen molar-refractivity contribution in [2.24, 2.45) is 0 Å². The topological polar surface area (TPSA) is 40.2 Å². The molecule has 4 rings (SSSR count). The first-order valence-corrected chi connectivity index (χ1v) is 10.9. The van der Waals surface area contributed by atoms with Crippen molar-refractivity contribution in [3.05, 3.63) is 71.8 Å². The maximum atomic E-state index is 14.2. The van der Waals surface area contributed by atoms with Crippen LogP contribution in [-0.4, -0.2) is 83.3 Å². The van der Waals surface area contributed by atoms with Gasteiger partial charge in [-0.15, -0.1) is 0 Å². The van der Waals surface area contributed by atoms with Gasteiger partial charge in [-0.2, -0.15) is 17.6 Å². The Morgan fingerprint density at radius 2 is 0.944 bits per heavy atom. The van der Waals surface area contributed by atoms with E-state index in [9.17, 15) is 44.7 Å². The van der Waals surface area contributed by atoms with E-state index < -0.39 is 73.5 Å². The van der Waals surface area contributed by atoms with E-state index in [1.807, 2.05) is 0 Å². The molecule has 0 aliphatic carbocycles. The third-order valence-electron chi connectivity index (χ3n) is 6.49. The Balaban J connectivity index is 1.54. The Morgan fingerprint density at radius 1 is 0.639 bits per heavy atom. The van der Waals surface area contributed by atoms with Crippen LogP contribution < -0.4 is 0 Å². The van der Waals surface area contributed by atoms with E-state index in [4.69, 9.17) is 0 Å². The van der Waals surface area contributed by atoms with E-state index >= 15 is 0 Å². The van der Waals surface area contributed by atoms with Crippen molar-refractivity contribution in [1.82, 2.24) is 9.80 Å². The maximum absolute atomic E-state index is 14.2. The molecule has 12 heteroatoms. The Labute approximate surface area is 200 Å². The molecular formula is C24H20F8N2O2. The minimum absolute atomic E-state index is 0.00830. The number of carbonyl (C=O) groups is 2. The normalized spacial score (nSPS) is 27.8. The fourth-order valence-corrected chi connectivity index (χ4v) is 4.59. The third kappa shape index (κ3) is 4.63. The average Bonchev–Trinajstić information content (AvgIpc) is 3.75. The summed E-state index contributed by atoms with van der Waals surface area (Å²) in [6, 6.07) is 6.44. The molecule has 2 fully saturated rings. The molecular weight excluding hydrogens is 500 g/mol. The molecule has 0 spiro atoms. The van der Waals surface area contributed by atoms with Crippen molar-refractivity contribution in [3.63, 3.8) is 0 Å². The summed E-state index contributed by atoms with van der Waals surface area (Å²) in [7, 11) is 0. The van der Waals surface area contributed by atoms with E-state index in [-0.39, 0.29) is 11.1 Å². The predicted molar refractivity (Wildman–Crippen MR) is 112 cm³/mol. The van der Waals surface area contributed by atoms with Gasteiger partial charge in [-0.1, -0.05) is 60.7 Å². The minimum atomic E-state index is -4.58. The lowest BCUT2D eigenvalue weighted by molar-refractivity contribution is -0.136.